The summed E-state index contributed by atoms with van der Waals surface area (Å²) in [6.07, 6.45) is 3.32. The van der Waals surface area contributed by atoms with E-state index in [1.54, 1.807) is 12.1 Å². The van der Waals surface area contributed by atoms with Crippen molar-refractivity contribution < 1.29 is 9.32 Å². The first-order valence-electron chi connectivity index (χ1n) is 7.57. The average Bonchev–Trinajstić information content (AvgIpc) is 3.15. The van der Waals surface area contributed by atoms with Gasteiger partial charge in [-0.15, -0.1) is 0 Å². The summed E-state index contributed by atoms with van der Waals surface area (Å²) in [6.45, 7) is 2.37. The van der Waals surface area contributed by atoms with E-state index in [1.165, 1.54) is 6.26 Å². The Labute approximate surface area is 133 Å². The van der Waals surface area contributed by atoms with E-state index >= 15 is 0 Å². The van der Waals surface area contributed by atoms with Crippen molar-refractivity contribution in [3.8, 4) is 6.07 Å². The molecule has 0 unspecified atom stereocenters. The molecule has 1 aliphatic heterocycles. The maximum Gasteiger partial charge on any atom is 0.273 e. The molecule has 0 aromatic carbocycles. The molecule has 1 aliphatic rings. The Morgan fingerprint density at radius 1 is 1.39 bits per heavy atom. The van der Waals surface area contributed by atoms with Crippen LogP contribution < -0.4 is 10.2 Å². The minimum absolute atomic E-state index is 0.204. The van der Waals surface area contributed by atoms with Crippen molar-refractivity contribution in [2.24, 2.45) is 5.92 Å². The number of nitrogens with one attached hydrogen (secondary N) is 1. The third kappa shape index (κ3) is 3.66. The van der Waals surface area contributed by atoms with Crippen molar-refractivity contribution in [3.63, 3.8) is 0 Å². The van der Waals surface area contributed by atoms with Gasteiger partial charge in [0, 0.05) is 25.7 Å². The lowest BCUT2D eigenvalue weighted by atomic mass is 9.96. The fraction of sp³-hybridized carbons (Fsp3) is 0.375. The molecule has 1 amide bonds. The molecule has 1 N–H and O–H groups in total. The van der Waals surface area contributed by atoms with E-state index in [0.29, 0.717) is 23.9 Å². The van der Waals surface area contributed by atoms with Crippen LogP contribution in [0, 0.1) is 17.2 Å². The second-order valence-corrected chi connectivity index (χ2v) is 5.52. The van der Waals surface area contributed by atoms with E-state index in [0.717, 1.165) is 31.7 Å². The first kappa shape index (κ1) is 15.0. The van der Waals surface area contributed by atoms with Gasteiger partial charge in [0.2, 0.25) is 0 Å². The summed E-state index contributed by atoms with van der Waals surface area (Å²) in [5.41, 5.74) is 0.740. The van der Waals surface area contributed by atoms with Crippen LogP contribution in [0.15, 0.2) is 35.1 Å². The molecule has 0 spiro atoms. The van der Waals surface area contributed by atoms with Crippen LogP contribution in [0.5, 0.6) is 0 Å². The monoisotopic (exact) mass is 311 g/mol. The Morgan fingerprint density at radius 3 is 2.91 bits per heavy atom. The lowest BCUT2D eigenvalue weighted by Gasteiger charge is -2.32. The molecule has 7 nitrogen and oxygen atoms in total. The largest absolute Gasteiger partial charge is 0.364 e. The van der Waals surface area contributed by atoms with Gasteiger partial charge in [-0.25, -0.2) is 4.98 Å². The second kappa shape index (κ2) is 6.92. The van der Waals surface area contributed by atoms with E-state index in [-0.39, 0.29) is 5.91 Å². The number of aromatic nitrogens is 2. The molecule has 0 aliphatic carbocycles. The van der Waals surface area contributed by atoms with Gasteiger partial charge in [0.15, 0.2) is 5.69 Å². The molecule has 1 fully saturated rings. The number of piperidine rings is 1. The molecule has 2 aromatic heterocycles. The summed E-state index contributed by atoms with van der Waals surface area (Å²) in [5, 5.41) is 15.4. The van der Waals surface area contributed by atoms with Crippen molar-refractivity contribution in [3.05, 3.63) is 41.9 Å². The van der Waals surface area contributed by atoms with Gasteiger partial charge in [0.05, 0.1) is 0 Å². The van der Waals surface area contributed by atoms with E-state index in [9.17, 15) is 4.79 Å². The number of hydrogen-bond donors (Lipinski definition) is 1. The molecule has 2 aromatic rings. The number of pyridine rings is 1. The molecule has 0 bridgehead atoms. The van der Waals surface area contributed by atoms with Crippen LogP contribution in [0.1, 0.15) is 29.0 Å². The Balaban J connectivity index is 1.48. The van der Waals surface area contributed by atoms with Crippen LogP contribution in [-0.2, 0) is 0 Å². The molecule has 3 heterocycles. The minimum Gasteiger partial charge on any atom is -0.364 e. The number of nitriles is 1. The van der Waals surface area contributed by atoms with Crippen LogP contribution >= 0.6 is 0 Å². The average molecular weight is 311 g/mol. The number of amides is 1. The van der Waals surface area contributed by atoms with Gasteiger partial charge in [-0.2, -0.15) is 5.26 Å². The van der Waals surface area contributed by atoms with Crippen LogP contribution in [-0.4, -0.2) is 35.7 Å². The summed E-state index contributed by atoms with van der Waals surface area (Å²) < 4.78 is 4.66. The standard InChI is InChI=1S/C16H17N5O2/c17-10-13-2-1-3-15(19-13)21-7-4-12(5-8-21)11-18-16(22)14-6-9-23-20-14/h1-3,6,9,12H,4-5,7-8,11H2,(H,18,22). The van der Waals surface area contributed by atoms with E-state index in [2.05, 4.69) is 30.9 Å². The molecule has 118 valence electrons. The zero-order chi connectivity index (χ0) is 16.1. The van der Waals surface area contributed by atoms with Gasteiger partial charge < -0.3 is 14.7 Å². The molecule has 0 atom stereocenters. The van der Waals surface area contributed by atoms with Crippen LogP contribution in [0.2, 0.25) is 0 Å². The second-order valence-electron chi connectivity index (χ2n) is 5.52. The van der Waals surface area contributed by atoms with E-state index in [4.69, 9.17) is 5.26 Å². The minimum atomic E-state index is -0.204. The summed E-state index contributed by atoms with van der Waals surface area (Å²) in [7, 11) is 0. The lowest BCUT2D eigenvalue weighted by molar-refractivity contribution is 0.0936. The number of hydrogen-bond acceptors (Lipinski definition) is 6. The Morgan fingerprint density at radius 2 is 2.22 bits per heavy atom. The SMILES string of the molecule is N#Cc1cccc(N2CCC(CNC(=O)c3ccon3)CC2)n1. The van der Waals surface area contributed by atoms with Crippen molar-refractivity contribution in [1.29, 1.82) is 5.26 Å². The first-order valence-corrected chi connectivity index (χ1v) is 7.57. The number of anilines is 1. The van der Waals surface area contributed by atoms with Gasteiger partial charge in [-0.3, -0.25) is 4.79 Å². The van der Waals surface area contributed by atoms with Crippen LogP contribution in [0.4, 0.5) is 5.82 Å². The van der Waals surface area contributed by atoms with E-state index in [1.807, 2.05) is 12.1 Å². The summed E-state index contributed by atoms with van der Waals surface area (Å²) in [4.78, 5) is 18.3. The van der Waals surface area contributed by atoms with E-state index < -0.39 is 0 Å². The van der Waals surface area contributed by atoms with Gasteiger partial charge in [-0.05, 0) is 30.9 Å². The summed E-state index contributed by atoms with van der Waals surface area (Å²) in [6, 6.07) is 9.09. The molecule has 7 heteroatoms. The number of rotatable bonds is 4. The number of carbonyl (C=O) groups excluding carboxylic acids is 1. The lowest BCUT2D eigenvalue weighted by Crippen LogP contribution is -2.39. The van der Waals surface area contributed by atoms with Crippen molar-refractivity contribution in [2.45, 2.75) is 12.8 Å². The zero-order valence-corrected chi connectivity index (χ0v) is 12.6. The third-order valence-corrected chi connectivity index (χ3v) is 4.01. The molecule has 23 heavy (non-hydrogen) atoms. The van der Waals surface area contributed by atoms with Gasteiger partial charge in [-0.1, -0.05) is 11.2 Å². The highest BCUT2D eigenvalue weighted by Crippen LogP contribution is 2.21. The molecule has 1 saturated heterocycles. The molecule has 0 saturated carbocycles. The van der Waals surface area contributed by atoms with Gasteiger partial charge in [0.25, 0.3) is 5.91 Å². The highest BCUT2D eigenvalue weighted by molar-refractivity contribution is 5.91. The predicted octanol–water partition coefficient (Wildman–Crippen LogP) is 1.59. The fourth-order valence-corrected chi connectivity index (χ4v) is 2.69. The fourth-order valence-electron chi connectivity index (χ4n) is 2.69. The quantitative estimate of drug-likeness (QED) is 0.921. The molecule has 0 radical (unpaired) electrons. The molecular weight excluding hydrogens is 294 g/mol. The smallest absolute Gasteiger partial charge is 0.273 e. The van der Waals surface area contributed by atoms with Crippen LogP contribution in [0.3, 0.4) is 0 Å². The van der Waals surface area contributed by atoms with Gasteiger partial charge >= 0.3 is 0 Å². The topological polar surface area (TPSA) is 95.1 Å². The van der Waals surface area contributed by atoms with Crippen molar-refractivity contribution in [2.75, 3.05) is 24.5 Å². The number of nitrogens with zero attached hydrogens (tertiary/aromatic N) is 4. The zero-order valence-electron chi connectivity index (χ0n) is 12.6. The molecule has 3 rings (SSSR count). The Hall–Kier alpha value is -2.88. The highest BCUT2D eigenvalue weighted by Gasteiger charge is 2.21. The van der Waals surface area contributed by atoms with Crippen molar-refractivity contribution in [1.82, 2.24) is 15.5 Å². The molecular formula is C16H17N5O2. The van der Waals surface area contributed by atoms with Crippen LogP contribution in [0.25, 0.3) is 0 Å². The van der Waals surface area contributed by atoms with Crippen molar-refractivity contribution >= 4 is 11.7 Å². The highest BCUT2D eigenvalue weighted by atomic mass is 16.5. The summed E-state index contributed by atoms with van der Waals surface area (Å²) in [5.74, 6) is 1.07. The third-order valence-electron chi connectivity index (χ3n) is 4.01. The number of carbonyl (C=O) groups is 1. The maximum atomic E-state index is 11.8. The first-order chi connectivity index (χ1) is 11.3. The predicted molar refractivity (Wildman–Crippen MR) is 82.7 cm³/mol. The normalized spacial score (nSPS) is 15.2. The Bertz CT molecular complexity index is 700. The maximum absolute atomic E-state index is 11.8. The van der Waals surface area contributed by atoms with Gasteiger partial charge in [0.1, 0.15) is 23.8 Å². The summed E-state index contributed by atoms with van der Waals surface area (Å²) >= 11 is 0. The Kier molecular flexibility index (Phi) is 4.52.